The molecule has 2 atom stereocenters. The Kier molecular flexibility index (Phi) is 5.55. The maximum atomic E-state index is 11.9. The first-order valence-electron chi connectivity index (χ1n) is 6.34. The fourth-order valence-corrected chi connectivity index (χ4v) is 1.78. The summed E-state index contributed by atoms with van der Waals surface area (Å²) < 4.78 is 5.26. The number of rotatable bonds is 4. The molecule has 2 amide bonds. The van der Waals surface area contributed by atoms with Gasteiger partial charge in [-0.2, -0.15) is 0 Å². The quantitative estimate of drug-likeness (QED) is 0.700. The summed E-state index contributed by atoms with van der Waals surface area (Å²) in [6.07, 6.45) is 0. The molecule has 0 aromatic carbocycles. The zero-order valence-corrected chi connectivity index (χ0v) is 11.3. The summed E-state index contributed by atoms with van der Waals surface area (Å²) in [5.74, 6) is -0.309. The number of morpholine rings is 1. The minimum atomic E-state index is -0.570. The van der Waals surface area contributed by atoms with Crippen molar-refractivity contribution < 1.29 is 14.3 Å². The van der Waals surface area contributed by atoms with Crippen LogP contribution in [0.5, 0.6) is 0 Å². The Labute approximate surface area is 108 Å². The Morgan fingerprint density at radius 3 is 2.72 bits per heavy atom. The van der Waals surface area contributed by atoms with E-state index in [1.165, 1.54) is 0 Å². The van der Waals surface area contributed by atoms with Gasteiger partial charge in [0.1, 0.15) is 0 Å². The van der Waals surface area contributed by atoms with Crippen molar-refractivity contribution >= 4 is 11.8 Å². The van der Waals surface area contributed by atoms with Crippen LogP contribution < -0.4 is 11.1 Å². The molecule has 0 unspecified atom stereocenters. The topological polar surface area (TPSA) is 84.7 Å². The van der Waals surface area contributed by atoms with E-state index in [1.54, 1.807) is 4.90 Å². The fraction of sp³-hybridized carbons (Fsp3) is 0.833. The highest BCUT2D eigenvalue weighted by Gasteiger charge is 2.24. The largest absolute Gasteiger partial charge is 0.377 e. The summed E-state index contributed by atoms with van der Waals surface area (Å²) in [6, 6.07) is -0.512. The Hall–Kier alpha value is -1.14. The van der Waals surface area contributed by atoms with Gasteiger partial charge in [-0.25, -0.2) is 0 Å². The molecule has 0 aliphatic carbocycles. The first kappa shape index (κ1) is 14.9. The third-order valence-corrected chi connectivity index (χ3v) is 3.12. The van der Waals surface area contributed by atoms with Crippen LogP contribution >= 0.6 is 0 Å². The van der Waals surface area contributed by atoms with Crippen molar-refractivity contribution in [3.8, 4) is 0 Å². The summed E-state index contributed by atoms with van der Waals surface area (Å²) in [5.41, 5.74) is 5.70. The first-order chi connectivity index (χ1) is 8.43. The summed E-state index contributed by atoms with van der Waals surface area (Å²) in [6.45, 7) is 7.35. The monoisotopic (exact) mass is 257 g/mol. The number of hydrogen-bond donors (Lipinski definition) is 2. The molecule has 18 heavy (non-hydrogen) atoms. The van der Waals surface area contributed by atoms with Gasteiger partial charge < -0.3 is 20.7 Å². The van der Waals surface area contributed by atoms with Crippen LogP contribution in [0.25, 0.3) is 0 Å². The standard InChI is InChI=1S/C12H23N3O3/c1-8(2)11(13)12(17)14-6-10(16)15-4-5-18-7-9(15)3/h8-9,11H,4-7,13H2,1-3H3,(H,14,17)/t9-,11+/m1/s1. The zero-order valence-electron chi connectivity index (χ0n) is 11.3. The van der Waals surface area contributed by atoms with Gasteiger partial charge in [0, 0.05) is 6.54 Å². The number of carbonyl (C=O) groups excluding carboxylic acids is 2. The second-order valence-electron chi connectivity index (χ2n) is 5.00. The third kappa shape index (κ3) is 3.96. The van der Waals surface area contributed by atoms with Gasteiger partial charge in [-0.1, -0.05) is 13.8 Å². The van der Waals surface area contributed by atoms with E-state index in [0.29, 0.717) is 19.8 Å². The molecule has 6 heteroatoms. The van der Waals surface area contributed by atoms with Gasteiger partial charge in [0.15, 0.2) is 0 Å². The fourth-order valence-electron chi connectivity index (χ4n) is 1.78. The number of nitrogens with zero attached hydrogens (tertiary/aromatic N) is 1. The van der Waals surface area contributed by atoms with Gasteiger partial charge in [-0.15, -0.1) is 0 Å². The highest BCUT2D eigenvalue weighted by Crippen LogP contribution is 2.06. The van der Waals surface area contributed by atoms with Gasteiger partial charge in [0.05, 0.1) is 31.8 Å². The maximum Gasteiger partial charge on any atom is 0.242 e. The molecule has 1 aliphatic heterocycles. The minimum Gasteiger partial charge on any atom is -0.377 e. The van der Waals surface area contributed by atoms with E-state index in [9.17, 15) is 9.59 Å². The van der Waals surface area contributed by atoms with Gasteiger partial charge in [-0.3, -0.25) is 9.59 Å². The molecule has 0 aromatic rings. The molecule has 6 nitrogen and oxygen atoms in total. The van der Waals surface area contributed by atoms with E-state index in [1.807, 2.05) is 20.8 Å². The number of nitrogens with two attached hydrogens (primary N) is 1. The van der Waals surface area contributed by atoms with Gasteiger partial charge >= 0.3 is 0 Å². The Balaban J connectivity index is 2.38. The van der Waals surface area contributed by atoms with Crippen LogP contribution in [0.3, 0.4) is 0 Å². The van der Waals surface area contributed by atoms with Crippen LogP contribution in [0.2, 0.25) is 0 Å². The molecule has 0 bridgehead atoms. The average molecular weight is 257 g/mol. The molecular formula is C12H23N3O3. The first-order valence-corrected chi connectivity index (χ1v) is 6.34. The van der Waals surface area contributed by atoms with Crippen LogP contribution in [0, 0.1) is 5.92 Å². The molecule has 0 radical (unpaired) electrons. The Morgan fingerprint density at radius 2 is 2.17 bits per heavy atom. The number of ether oxygens (including phenoxy) is 1. The number of amides is 2. The zero-order chi connectivity index (χ0) is 13.7. The number of hydrogen-bond acceptors (Lipinski definition) is 4. The van der Waals surface area contributed by atoms with Crippen molar-refractivity contribution in [3.05, 3.63) is 0 Å². The van der Waals surface area contributed by atoms with E-state index in [2.05, 4.69) is 5.32 Å². The van der Waals surface area contributed by atoms with Crippen molar-refractivity contribution in [2.45, 2.75) is 32.9 Å². The number of carbonyl (C=O) groups is 2. The highest BCUT2D eigenvalue weighted by atomic mass is 16.5. The predicted octanol–water partition coefficient (Wildman–Crippen LogP) is -0.667. The van der Waals surface area contributed by atoms with E-state index in [-0.39, 0.29) is 30.3 Å². The van der Waals surface area contributed by atoms with Crippen LogP contribution in [-0.4, -0.2) is 55.1 Å². The molecule has 0 aromatic heterocycles. The molecular weight excluding hydrogens is 234 g/mol. The predicted molar refractivity (Wildman–Crippen MR) is 67.8 cm³/mol. The van der Waals surface area contributed by atoms with Crippen LogP contribution in [0.4, 0.5) is 0 Å². The summed E-state index contributed by atoms with van der Waals surface area (Å²) >= 11 is 0. The van der Waals surface area contributed by atoms with Crippen molar-refractivity contribution in [1.29, 1.82) is 0 Å². The normalized spacial score (nSPS) is 21.8. The summed E-state index contributed by atoms with van der Waals surface area (Å²) in [5, 5.41) is 2.59. The van der Waals surface area contributed by atoms with Crippen molar-refractivity contribution in [3.63, 3.8) is 0 Å². The van der Waals surface area contributed by atoms with E-state index in [0.717, 1.165) is 0 Å². The van der Waals surface area contributed by atoms with Gasteiger partial charge in [0.2, 0.25) is 11.8 Å². The summed E-state index contributed by atoms with van der Waals surface area (Å²) in [4.78, 5) is 25.3. The lowest BCUT2D eigenvalue weighted by molar-refractivity contribution is -0.139. The van der Waals surface area contributed by atoms with E-state index >= 15 is 0 Å². The SMILES string of the molecule is CC(C)[C@H](N)C(=O)NCC(=O)N1CCOC[C@H]1C. The Bertz CT molecular complexity index is 307. The molecule has 0 spiro atoms. The maximum absolute atomic E-state index is 11.9. The van der Waals surface area contributed by atoms with E-state index < -0.39 is 6.04 Å². The van der Waals surface area contributed by atoms with Crippen LogP contribution in [0.15, 0.2) is 0 Å². The third-order valence-electron chi connectivity index (χ3n) is 3.12. The number of nitrogens with one attached hydrogen (secondary N) is 1. The van der Waals surface area contributed by atoms with E-state index in [4.69, 9.17) is 10.5 Å². The minimum absolute atomic E-state index is 0.00356. The molecule has 1 saturated heterocycles. The molecule has 1 rings (SSSR count). The average Bonchev–Trinajstić information content (AvgIpc) is 2.35. The van der Waals surface area contributed by atoms with Crippen LogP contribution in [0.1, 0.15) is 20.8 Å². The van der Waals surface area contributed by atoms with Crippen molar-refractivity contribution in [2.75, 3.05) is 26.3 Å². The van der Waals surface area contributed by atoms with Crippen LogP contribution in [-0.2, 0) is 14.3 Å². The molecule has 3 N–H and O–H groups in total. The highest BCUT2D eigenvalue weighted by molar-refractivity contribution is 5.87. The summed E-state index contributed by atoms with van der Waals surface area (Å²) in [7, 11) is 0. The molecule has 1 heterocycles. The lowest BCUT2D eigenvalue weighted by atomic mass is 10.1. The van der Waals surface area contributed by atoms with Crippen molar-refractivity contribution in [1.82, 2.24) is 10.2 Å². The molecule has 104 valence electrons. The van der Waals surface area contributed by atoms with Crippen molar-refractivity contribution in [2.24, 2.45) is 11.7 Å². The second-order valence-corrected chi connectivity index (χ2v) is 5.00. The lowest BCUT2D eigenvalue weighted by Gasteiger charge is -2.33. The Morgan fingerprint density at radius 1 is 1.50 bits per heavy atom. The second kappa shape index (κ2) is 6.70. The van der Waals surface area contributed by atoms with Gasteiger partial charge in [-0.05, 0) is 12.8 Å². The van der Waals surface area contributed by atoms with Gasteiger partial charge in [0.25, 0.3) is 0 Å². The lowest BCUT2D eigenvalue weighted by Crippen LogP contribution is -2.52. The molecule has 0 saturated carbocycles. The molecule has 1 aliphatic rings. The molecule has 1 fully saturated rings. The smallest absolute Gasteiger partial charge is 0.242 e.